The first kappa shape index (κ1) is 10.9. The lowest BCUT2D eigenvalue weighted by Crippen LogP contribution is -2.52. The van der Waals surface area contributed by atoms with Gasteiger partial charge in [-0.1, -0.05) is 6.92 Å². The molecular weight excluding hydrogens is 194 g/mol. The number of carbonyl (C=O) groups is 1. The van der Waals surface area contributed by atoms with E-state index in [1.54, 1.807) is 0 Å². The van der Waals surface area contributed by atoms with Crippen LogP contribution in [0.4, 0.5) is 0 Å². The Morgan fingerprint density at radius 1 is 1.60 bits per heavy atom. The van der Waals surface area contributed by atoms with Crippen molar-refractivity contribution in [3.05, 3.63) is 0 Å². The minimum Gasteiger partial charge on any atom is -0.480 e. The molecule has 0 aromatic carbocycles. The molecule has 2 aliphatic rings. The summed E-state index contributed by atoms with van der Waals surface area (Å²) in [5.74, 6) is -0.667. The second-order valence-electron chi connectivity index (χ2n) is 5.09. The number of ether oxygens (including phenoxy) is 1. The standard InChI is InChI=1S/C11H19NO3/c1-11(7-15-8-11)4-2-5-12-6-3-9(12)10(13)14/h9H,2-8H2,1H3,(H,13,14). The molecule has 2 heterocycles. The molecule has 4 nitrogen and oxygen atoms in total. The molecule has 2 aliphatic heterocycles. The molecule has 0 saturated carbocycles. The summed E-state index contributed by atoms with van der Waals surface area (Å²) < 4.78 is 5.19. The second kappa shape index (κ2) is 4.10. The predicted octanol–water partition coefficient (Wildman–Crippen LogP) is 0.962. The average molecular weight is 213 g/mol. The Balaban J connectivity index is 1.64. The Morgan fingerprint density at radius 3 is 2.73 bits per heavy atom. The van der Waals surface area contributed by atoms with Crippen molar-refractivity contribution < 1.29 is 14.6 Å². The lowest BCUT2D eigenvalue weighted by molar-refractivity contribution is -0.148. The van der Waals surface area contributed by atoms with Crippen molar-refractivity contribution in [1.29, 1.82) is 0 Å². The SMILES string of the molecule is CC1(CCCN2CCC2C(=O)O)COC1. The maximum absolute atomic E-state index is 10.8. The van der Waals surface area contributed by atoms with Crippen LogP contribution in [0.2, 0.25) is 0 Å². The highest BCUT2D eigenvalue weighted by Gasteiger charge is 2.35. The van der Waals surface area contributed by atoms with Gasteiger partial charge in [-0.2, -0.15) is 0 Å². The van der Waals surface area contributed by atoms with Gasteiger partial charge < -0.3 is 9.84 Å². The molecule has 15 heavy (non-hydrogen) atoms. The van der Waals surface area contributed by atoms with Crippen LogP contribution in [-0.4, -0.2) is 48.3 Å². The van der Waals surface area contributed by atoms with Gasteiger partial charge in [-0.25, -0.2) is 0 Å². The van der Waals surface area contributed by atoms with Gasteiger partial charge in [-0.15, -0.1) is 0 Å². The third-order valence-corrected chi connectivity index (χ3v) is 3.54. The van der Waals surface area contributed by atoms with Gasteiger partial charge in [-0.3, -0.25) is 9.69 Å². The third kappa shape index (κ3) is 2.32. The van der Waals surface area contributed by atoms with Gasteiger partial charge in [0.1, 0.15) is 6.04 Å². The van der Waals surface area contributed by atoms with E-state index in [1.165, 1.54) is 0 Å². The fraction of sp³-hybridized carbons (Fsp3) is 0.909. The van der Waals surface area contributed by atoms with Crippen LogP contribution in [0.3, 0.4) is 0 Å². The van der Waals surface area contributed by atoms with E-state index in [2.05, 4.69) is 11.8 Å². The van der Waals surface area contributed by atoms with E-state index in [0.717, 1.165) is 45.6 Å². The van der Waals surface area contributed by atoms with Crippen molar-refractivity contribution >= 4 is 5.97 Å². The van der Waals surface area contributed by atoms with Gasteiger partial charge in [0.05, 0.1) is 13.2 Å². The van der Waals surface area contributed by atoms with Crippen molar-refractivity contribution in [1.82, 2.24) is 4.90 Å². The van der Waals surface area contributed by atoms with E-state index >= 15 is 0 Å². The summed E-state index contributed by atoms with van der Waals surface area (Å²) in [5.41, 5.74) is 0.365. The van der Waals surface area contributed by atoms with Crippen molar-refractivity contribution in [2.45, 2.75) is 32.2 Å². The molecule has 0 amide bonds. The smallest absolute Gasteiger partial charge is 0.320 e. The van der Waals surface area contributed by atoms with Crippen molar-refractivity contribution in [2.75, 3.05) is 26.3 Å². The topological polar surface area (TPSA) is 49.8 Å². The number of aliphatic carboxylic acids is 1. The fourth-order valence-corrected chi connectivity index (χ4v) is 2.29. The molecule has 1 N–H and O–H groups in total. The highest BCUT2D eigenvalue weighted by Crippen LogP contribution is 2.32. The Bertz CT molecular complexity index is 250. The quantitative estimate of drug-likeness (QED) is 0.739. The number of rotatable bonds is 5. The summed E-state index contributed by atoms with van der Waals surface area (Å²) in [6.07, 6.45) is 3.05. The van der Waals surface area contributed by atoms with Crippen LogP contribution in [0.1, 0.15) is 26.2 Å². The molecular formula is C11H19NO3. The first-order valence-electron chi connectivity index (χ1n) is 5.65. The first-order chi connectivity index (χ1) is 7.11. The number of likely N-dealkylation sites (tertiary alicyclic amines) is 1. The lowest BCUT2D eigenvalue weighted by atomic mass is 9.83. The molecule has 86 valence electrons. The normalized spacial score (nSPS) is 29.3. The van der Waals surface area contributed by atoms with E-state index in [1.807, 2.05) is 0 Å². The molecule has 4 heteroatoms. The summed E-state index contributed by atoms with van der Waals surface area (Å²) in [6, 6.07) is -0.213. The van der Waals surface area contributed by atoms with Crippen LogP contribution in [0, 0.1) is 5.41 Å². The Kier molecular flexibility index (Phi) is 2.98. The molecule has 0 aliphatic carbocycles. The molecule has 1 atom stereocenters. The molecule has 0 aromatic heterocycles. The minimum atomic E-state index is -0.667. The van der Waals surface area contributed by atoms with Crippen LogP contribution in [0.5, 0.6) is 0 Å². The fourth-order valence-electron chi connectivity index (χ4n) is 2.29. The van der Waals surface area contributed by atoms with Gasteiger partial charge in [0, 0.05) is 12.0 Å². The molecule has 2 fully saturated rings. The third-order valence-electron chi connectivity index (χ3n) is 3.54. The van der Waals surface area contributed by atoms with Crippen molar-refractivity contribution in [3.63, 3.8) is 0 Å². The highest BCUT2D eigenvalue weighted by molar-refractivity contribution is 5.74. The molecule has 0 aromatic rings. The first-order valence-corrected chi connectivity index (χ1v) is 5.65. The summed E-state index contributed by atoms with van der Waals surface area (Å²) in [6.45, 7) is 5.85. The number of carboxylic acids is 1. The summed E-state index contributed by atoms with van der Waals surface area (Å²) in [4.78, 5) is 12.8. The predicted molar refractivity (Wildman–Crippen MR) is 55.8 cm³/mol. The number of hydrogen-bond acceptors (Lipinski definition) is 3. The average Bonchev–Trinajstić information content (AvgIpc) is 2.06. The van der Waals surface area contributed by atoms with Gasteiger partial charge >= 0.3 is 5.97 Å². The second-order valence-corrected chi connectivity index (χ2v) is 5.09. The van der Waals surface area contributed by atoms with E-state index < -0.39 is 5.97 Å². The van der Waals surface area contributed by atoms with Gasteiger partial charge in [0.2, 0.25) is 0 Å². The van der Waals surface area contributed by atoms with Crippen molar-refractivity contribution in [2.24, 2.45) is 5.41 Å². The van der Waals surface area contributed by atoms with E-state index in [-0.39, 0.29) is 6.04 Å². The largest absolute Gasteiger partial charge is 0.480 e. The number of carboxylic acid groups (broad SMARTS) is 1. The molecule has 2 saturated heterocycles. The minimum absolute atomic E-state index is 0.213. The zero-order valence-corrected chi connectivity index (χ0v) is 9.24. The maximum atomic E-state index is 10.8. The Hall–Kier alpha value is -0.610. The lowest BCUT2D eigenvalue weighted by Gasteiger charge is -2.41. The molecule has 1 unspecified atom stereocenters. The highest BCUT2D eigenvalue weighted by atomic mass is 16.5. The van der Waals surface area contributed by atoms with Gasteiger partial charge in [0.15, 0.2) is 0 Å². The zero-order valence-electron chi connectivity index (χ0n) is 9.24. The van der Waals surface area contributed by atoms with Crippen LogP contribution < -0.4 is 0 Å². The summed E-state index contributed by atoms with van der Waals surface area (Å²) in [5, 5.41) is 8.86. The molecule has 2 rings (SSSR count). The van der Waals surface area contributed by atoms with Gasteiger partial charge in [0.25, 0.3) is 0 Å². The monoisotopic (exact) mass is 213 g/mol. The number of hydrogen-bond donors (Lipinski definition) is 1. The zero-order chi connectivity index (χ0) is 10.9. The van der Waals surface area contributed by atoms with E-state index in [0.29, 0.717) is 5.41 Å². The van der Waals surface area contributed by atoms with Crippen LogP contribution >= 0.6 is 0 Å². The Labute approximate surface area is 90.2 Å². The van der Waals surface area contributed by atoms with Crippen LogP contribution in [-0.2, 0) is 9.53 Å². The van der Waals surface area contributed by atoms with Crippen molar-refractivity contribution in [3.8, 4) is 0 Å². The summed E-state index contributed by atoms with van der Waals surface area (Å²) >= 11 is 0. The maximum Gasteiger partial charge on any atom is 0.320 e. The van der Waals surface area contributed by atoms with E-state index in [4.69, 9.17) is 9.84 Å². The summed E-state index contributed by atoms with van der Waals surface area (Å²) in [7, 11) is 0. The molecule has 0 spiro atoms. The van der Waals surface area contributed by atoms with Crippen LogP contribution in [0.15, 0.2) is 0 Å². The molecule has 0 radical (unpaired) electrons. The number of nitrogens with zero attached hydrogens (tertiary/aromatic N) is 1. The van der Waals surface area contributed by atoms with Crippen LogP contribution in [0.25, 0.3) is 0 Å². The van der Waals surface area contributed by atoms with Gasteiger partial charge in [-0.05, 0) is 25.8 Å². The Morgan fingerprint density at radius 2 is 2.33 bits per heavy atom. The molecule has 0 bridgehead atoms. The van der Waals surface area contributed by atoms with E-state index in [9.17, 15) is 4.79 Å².